The second kappa shape index (κ2) is 4.67. The first kappa shape index (κ1) is 8.81. The maximum absolute atomic E-state index is 9.98. The van der Waals surface area contributed by atoms with Crippen molar-refractivity contribution >= 4 is 16.4 Å². The molecule has 0 spiro atoms. The molecule has 0 aromatic heterocycles. The summed E-state index contributed by atoms with van der Waals surface area (Å²) in [6, 6.07) is 0. The van der Waals surface area contributed by atoms with Crippen LogP contribution in [0.25, 0.3) is 0 Å². The largest absolute Gasteiger partial charge is 0.340 e. The minimum absolute atomic E-state index is 0.130. The molecule has 0 amide bonds. The summed E-state index contributed by atoms with van der Waals surface area (Å²) in [4.78, 5) is 1.59. The molecule has 4 heteroatoms. The summed E-state index contributed by atoms with van der Waals surface area (Å²) in [5, 5.41) is 8.67. The van der Waals surface area contributed by atoms with Crippen LogP contribution < -0.4 is 0 Å². The van der Waals surface area contributed by atoms with E-state index < -0.39 is 0 Å². The molecule has 0 aliphatic rings. The first-order chi connectivity index (χ1) is 4.26. The Morgan fingerprint density at radius 1 is 1.56 bits per heavy atom. The van der Waals surface area contributed by atoms with Crippen LogP contribution in [0.3, 0.4) is 0 Å². The van der Waals surface area contributed by atoms with E-state index in [9.17, 15) is 4.21 Å². The second-order valence-corrected chi connectivity index (χ2v) is 2.07. The summed E-state index contributed by atoms with van der Waals surface area (Å²) in [6.07, 6.45) is 0. The molecule has 9 heavy (non-hydrogen) atoms. The van der Waals surface area contributed by atoms with Gasteiger partial charge in [0.15, 0.2) is 0 Å². The Bertz CT molecular complexity index is 127. The lowest BCUT2D eigenvalue weighted by Gasteiger charge is -2.12. The average molecular weight is 149 g/mol. The van der Waals surface area contributed by atoms with E-state index in [2.05, 4.69) is 0 Å². The minimum atomic E-state index is -0.139. The molecule has 0 radical (unpaired) electrons. The molecule has 0 saturated heterocycles. The maximum Gasteiger partial charge on any atom is 0.216 e. The lowest BCUT2D eigenvalue weighted by Crippen LogP contribution is -2.29. The molecule has 0 aromatic rings. The number of rotatable bonds is 2. The van der Waals surface area contributed by atoms with Crippen LogP contribution >= 0.6 is 0 Å². The molecule has 0 aromatic carbocycles. The molecule has 0 aliphatic heterocycles. The Hall–Kier alpha value is -0.190. The highest BCUT2D eigenvalue weighted by Gasteiger charge is 2.01. The molecule has 0 unspecified atom stereocenters. The number of hydrogen-bond acceptors (Lipinski definition) is 1. The Morgan fingerprint density at radius 3 is 2.11 bits per heavy atom. The van der Waals surface area contributed by atoms with E-state index in [4.69, 9.17) is 5.11 Å². The van der Waals surface area contributed by atoms with Crippen LogP contribution in [0.2, 0.25) is 0 Å². The van der Waals surface area contributed by atoms with Crippen molar-refractivity contribution in [3.63, 3.8) is 0 Å². The SMILES string of the molecule is CCN(CC)C(O)=S=O. The third kappa shape index (κ3) is 2.74. The molecular formula is C5H11NO2S. The van der Waals surface area contributed by atoms with E-state index in [0.29, 0.717) is 13.1 Å². The van der Waals surface area contributed by atoms with E-state index >= 15 is 0 Å². The van der Waals surface area contributed by atoms with Crippen LogP contribution in [0.5, 0.6) is 0 Å². The van der Waals surface area contributed by atoms with Gasteiger partial charge in [-0.25, -0.2) is 9.11 Å². The van der Waals surface area contributed by atoms with Gasteiger partial charge in [-0.3, -0.25) is 0 Å². The third-order valence-electron chi connectivity index (χ3n) is 1.11. The van der Waals surface area contributed by atoms with E-state index in [1.165, 1.54) is 0 Å². The molecule has 0 bridgehead atoms. The van der Waals surface area contributed by atoms with Gasteiger partial charge in [0.2, 0.25) is 5.17 Å². The summed E-state index contributed by atoms with van der Waals surface area (Å²) in [5.41, 5.74) is 0. The standard InChI is InChI=1S/C5H11NO2S/c1-3-6(4-2)5(7)9-8/h7H,3-4H2,1-2H3. The predicted molar refractivity (Wildman–Crippen MR) is 38.7 cm³/mol. The molecule has 0 aliphatic carbocycles. The Kier molecular flexibility index (Phi) is 4.57. The highest BCUT2D eigenvalue weighted by atomic mass is 32.1. The molecule has 3 nitrogen and oxygen atoms in total. The van der Waals surface area contributed by atoms with Crippen LogP contribution in [0.4, 0.5) is 0 Å². The maximum atomic E-state index is 9.98. The Balaban J connectivity index is 3.95. The van der Waals surface area contributed by atoms with Gasteiger partial charge < -0.3 is 5.11 Å². The predicted octanol–water partition coefficient (Wildman–Crippen LogP) is 0.187. The van der Waals surface area contributed by atoms with Crippen LogP contribution in [0.1, 0.15) is 13.8 Å². The lowest BCUT2D eigenvalue weighted by molar-refractivity contribution is 0.370. The zero-order valence-electron chi connectivity index (χ0n) is 5.63. The van der Waals surface area contributed by atoms with E-state index in [0.717, 1.165) is 0 Å². The second-order valence-electron chi connectivity index (χ2n) is 1.54. The van der Waals surface area contributed by atoms with Crippen molar-refractivity contribution < 1.29 is 9.32 Å². The fourth-order valence-corrected chi connectivity index (χ4v) is 0.910. The first-order valence-electron chi connectivity index (χ1n) is 2.86. The number of aliphatic hydroxyl groups is 1. The van der Waals surface area contributed by atoms with Crippen molar-refractivity contribution in [3.8, 4) is 0 Å². The third-order valence-corrected chi connectivity index (χ3v) is 1.52. The number of nitrogens with zero attached hydrogens (tertiary/aromatic N) is 1. The quantitative estimate of drug-likeness (QED) is 0.570. The van der Waals surface area contributed by atoms with Crippen molar-refractivity contribution in [2.75, 3.05) is 13.1 Å². The van der Waals surface area contributed by atoms with Crippen LogP contribution in [-0.2, 0) is 11.3 Å². The summed E-state index contributed by atoms with van der Waals surface area (Å²) < 4.78 is 9.98. The van der Waals surface area contributed by atoms with Gasteiger partial charge in [-0.15, -0.1) is 0 Å². The van der Waals surface area contributed by atoms with Gasteiger partial charge in [0, 0.05) is 13.1 Å². The monoisotopic (exact) mass is 149 g/mol. The zero-order chi connectivity index (χ0) is 7.28. The van der Waals surface area contributed by atoms with E-state index in [1.54, 1.807) is 4.90 Å². The van der Waals surface area contributed by atoms with Crippen molar-refractivity contribution in [1.29, 1.82) is 0 Å². The van der Waals surface area contributed by atoms with Crippen LogP contribution in [0, 0.1) is 0 Å². The molecule has 1 N–H and O–H groups in total. The molecule has 0 heterocycles. The number of hydrogen-bond donors (Lipinski definition) is 1. The Labute approximate surface area is 58.4 Å². The van der Waals surface area contributed by atoms with E-state index in [1.807, 2.05) is 13.8 Å². The molecule has 0 fully saturated rings. The Morgan fingerprint density at radius 2 is 2.00 bits per heavy atom. The summed E-state index contributed by atoms with van der Waals surface area (Å²) in [6.45, 7) is 5.13. The zero-order valence-corrected chi connectivity index (χ0v) is 6.44. The summed E-state index contributed by atoms with van der Waals surface area (Å²) in [5.74, 6) is 0. The van der Waals surface area contributed by atoms with Gasteiger partial charge in [0.25, 0.3) is 0 Å². The topological polar surface area (TPSA) is 40.5 Å². The van der Waals surface area contributed by atoms with Crippen molar-refractivity contribution in [2.24, 2.45) is 0 Å². The molecule has 0 rings (SSSR count). The smallest absolute Gasteiger partial charge is 0.216 e. The first-order valence-corrected chi connectivity index (χ1v) is 3.61. The van der Waals surface area contributed by atoms with Gasteiger partial charge in [-0.1, -0.05) is 13.8 Å². The fourth-order valence-electron chi connectivity index (χ4n) is 0.547. The van der Waals surface area contributed by atoms with Gasteiger partial charge in [0.05, 0.1) is 0 Å². The van der Waals surface area contributed by atoms with Crippen molar-refractivity contribution in [1.82, 2.24) is 4.90 Å². The normalized spacial score (nSPS) is 9.78. The van der Waals surface area contributed by atoms with Crippen LogP contribution in [0.15, 0.2) is 0 Å². The average Bonchev–Trinajstić information content (AvgIpc) is 1.90. The van der Waals surface area contributed by atoms with E-state index in [-0.39, 0.29) is 16.4 Å². The molecular weight excluding hydrogens is 138 g/mol. The lowest BCUT2D eigenvalue weighted by atomic mass is 10.6. The highest BCUT2D eigenvalue weighted by Crippen LogP contribution is 1.83. The molecule has 0 atom stereocenters. The highest BCUT2D eigenvalue weighted by molar-refractivity contribution is 7.65. The van der Waals surface area contributed by atoms with Crippen LogP contribution in [-0.4, -0.2) is 32.5 Å². The van der Waals surface area contributed by atoms with Gasteiger partial charge in [-0.2, -0.15) is 0 Å². The summed E-state index contributed by atoms with van der Waals surface area (Å²) >= 11 is 0.130. The van der Waals surface area contributed by atoms with Gasteiger partial charge in [0.1, 0.15) is 11.3 Å². The number of aliphatic hydroxyl groups excluding tert-OH is 1. The minimum Gasteiger partial charge on any atom is -0.340 e. The van der Waals surface area contributed by atoms with Crippen molar-refractivity contribution in [3.05, 3.63) is 0 Å². The summed E-state index contributed by atoms with van der Waals surface area (Å²) in [7, 11) is 0. The van der Waals surface area contributed by atoms with Gasteiger partial charge >= 0.3 is 0 Å². The van der Waals surface area contributed by atoms with Gasteiger partial charge in [-0.05, 0) is 0 Å². The van der Waals surface area contributed by atoms with Crippen molar-refractivity contribution in [2.45, 2.75) is 13.8 Å². The molecule has 54 valence electrons. The molecule has 0 saturated carbocycles. The fraction of sp³-hybridized carbons (Fsp3) is 0.800.